The van der Waals surface area contributed by atoms with E-state index in [1.807, 2.05) is 0 Å². The number of esters is 2. The van der Waals surface area contributed by atoms with Crippen LogP contribution in [0.15, 0.2) is 48.5 Å². The first-order valence-electron chi connectivity index (χ1n) is 6.94. The van der Waals surface area contributed by atoms with Gasteiger partial charge in [0.25, 0.3) is 0 Å². The van der Waals surface area contributed by atoms with Gasteiger partial charge in [0.15, 0.2) is 0 Å². The van der Waals surface area contributed by atoms with Crippen LogP contribution in [-0.4, -0.2) is 34.1 Å². The van der Waals surface area contributed by atoms with E-state index in [1.54, 1.807) is 0 Å². The lowest BCUT2D eigenvalue weighted by molar-refractivity contribution is -0.144. The lowest BCUT2D eigenvalue weighted by atomic mass is 10.2. The highest BCUT2D eigenvalue weighted by Gasteiger charge is 2.19. The van der Waals surface area contributed by atoms with Crippen LogP contribution in [0.25, 0.3) is 0 Å². The predicted octanol–water partition coefficient (Wildman–Crippen LogP) is 1.98. The minimum Gasteiger partial charge on any atom is -0.478 e. The molecule has 0 aliphatic carbocycles. The second-order valence-corrected chi connectivity index (χ2v) is 4.73. The number of para-hydroxylation sites is 2. The van der Waals surface area contributed by atoms with Gasteiger partial charge in [-0.05, 0) is 24.3 Å². The van der Waals surface area contributed by atoms with Crippen molar-refractivity contribution in [2.24, 2.45) is 0 Å². The largest absolute Gasteiger partial charge is 0.478 e. The number of carbonyl (C=O) groups excluding carboxylic acids is 2. The second kappa shape index (κ2) is 7.73. The molecule has 8 heteroatoms. The molecule has 2 aromatic carbocycles. The van der Waals surface area contributed by atoms with Crippen LogP contribution in [-0.2, 0) is 9.59 Å². The summed E-state index contributed by atoms with van der Waals surface area (Å²) in [7, 11) is 0. The molecule has 0 amide bonds. The zero-order chi connectivity index (χ0) is 18.4. The number of aromatic carboxylic acids is 2. The number of benzene rings is 2. The molecule has 0 fully saturated rings. The van der Waals surface area contributed by atoms with E-state index >= 15 is 0 Å². The van der Waals surface area contributed by atoms with E-state index in [4.69, 9.17) is 19.7 Å². The van der Waals surface area contributed by atoms with E-state index in [0.717, 1.165) is 0 Å². The molecule has 0 saturated carbocycles. The minimum absolute atomic E-state index is 0.210. The van der Waals surface area contributed by atoms with E-state index in [9.17, 15) is 19.2 Å². The van der Waals surface area contributed by atoms with Crippen LogP contribution in [0.5, 0.6) is 11.5 Å². The van der Waals surface area contributed by atoms with E-state index in [-0.39, 0.29) is 22.6 Å². The third kappa shape index (κ3) is 4.64. The van der Waals surface area contributed by atoms with Crippen LogP contribution >= 0.6 is 0 Å². The molecule has 25 heavy (non-hydrogen) atoms. The van der Waals surface area contributed by atoms with Crippen molar-refractivity contribution in [1.29, 1.82) is 0 Å². The minimum atomic E-state index is -1.29. The van der Waals surface area contributed by atoms with E-state index in [2.05, 4.69) is 0 Å². The van der Waals surface area contributed by atoms with Crippen molar-refractivity contribution in [1.82, 2.24) is 0 Å². The Morgan fingerprint density at radius 1 is 0.680 bits per heavy atom. The molecule has 0 aliphatic rings. The second-order valence-electron chi connectivity index (χ2n) is 4.73. The van der Waals surface area contributed by atoms with Crippen molar-refractivity contribution in [3.8, 4) is 11.5 Å². The van der Waals surface area contributed by atoms with Gasteiger partial charge >= 0.3 is 23.9 Å². The quantitative estimate of drug-likeness (QED) is 0.462. The van der Waals surface area contributed by atoms with Crippen LogP contribution in [0.1, 0.15) is 27.1 Å². The van der Waals surface area contributed by atoms with E-state index in [0.29, 0.717) is 0 Å². The highest BCUT2D eigenvalue weighted by molar-refractivity contribution is 5.97. The van der Waals surface area contributed by atoms with Gasteiger partial charge in [-0.2, -0.15) is 0 Å². The maximum atomic E-state index is 11.8. The number of carboxylic acid groups (broad SMARTS) is 2. The fourth-order valence-corrected chi connectivity index (χ4v) is 1.90. The van der Waals surface area contributed by atoms with Crippen LogP contribution in [0, 0.1) is 0 Å². The SMILES string of the molecule is O=C(CC(=O)Oc1ccccc1C(=O)O)Oc1ccccc1C(=O)O. The van der Waals surface area contributed by atoms with E-state index in [1.165, 1.54) is 48.5 Å². The molecule has 2 rings (SSSR count). The van der Waals surface area contributed by atoms with Crippen LogP contribution < -0.4 is 9.47 Å². The summed E-state index contributed by atoms with van der Waals surface area (Å²) < 4.78 is 9.71. The maximum Gasteiger partial charge on any atom is 0.339 e. The highest BCUT2D eigenvalue weighted by atomic mass is 16.6. The molecular formula is C17H12O8. The van der Waals surface area contributed by atoms with Crippen LogP contribution in [0.2, 0.25) is 0 Å². The zero-order valence-corrected chi connectivity index (χ0v) is 12.7. The number of hydrogen-bond donors (Lipinski definition) is 2. The summed E-state index contributed by atoms with van der Waals surface area (Å²) in [5.41, 5.74) is -0.471. The lowest BCUT2D eigenvalue weighted by Gasteiger charge is -2.08. The highest BCUT2D eigenvalue weighted by Crippen LogP contribution is 2.20. The number of ether oxygens (including phenoxy) is 2. The van der Waals surface area contributed by atoms with Crippen LogP contribution in [0.3, 0.4) is 0 Å². The summed E-state index contributed by atoms with van der Waals surface area (Å²) in [6.45, 7) is 0. The Hall–Kier alpha value is -3.68. The van der Waals surface area contributed by atoms with Crippen molar-refractivity contribution in [2.75, 3.05) is 0 Å². The predicted molar refractivity (Wildman–Crippen MR) is 82.7 cm³/mol. The number of carboxylic acids is 2. The Bertz CT molecular complexity index is 771. The third-order valence-electron chi connectivity index (χ3n) is 2.97. The van der Waals surface area contributed by atoms with Gasteiger partial charge in [0.2, 0.25) is 0 Å². The zero-order valence-electron chi connectivity index (χ0n) is 12.7. The Balaban J connectivity index is 2.03. The molecule has 0 spiro atoms. The number of carbonyl (C=O) groups is 4. The summed E-state index contributed by atoms with van der Waals surface area (Å²) in [6.07, 6.45) is -0.818. The van der Waals surface area contributed by atoms with Crippen molar-refractivity contribution < 1.29 is 38.9 Å². The van der Waals surface area contributed by atoms with Gasteiger partial charge in [-0.1, -0.05) is 24.3 Å². The summed E-state index contributed by atoms with van der Waals surface area (Å²) in [5, 5.41) is 18.0. The standard InChI is InChI=1S/C17H12O8/c18-14(24-12-7-3-1-5-10(12)16(20)21)9-15(19)25-13-8-4-2-6-11(13)17(22)23/h1-8H,9H2,(H,20,21)(H,22,23). The molecule has 0 aromatic heterocycles. The normalized spacial score (nSPS) is 9.92. The van der Waals surface area contributed by atoms with E-state index < -0.39 is 30.3 Å². The molecule has 0 radical (unpaired) electrons. The van der Waals surface area contributed by atoms with Gasteiger partial charge < -0.3 is 19.7 Å². The van der Waals surface area contributed by atoms with Gasteiger partial charge in [-0.3, -0.25) is 9.59 Å². The third-order valence-corrected chi connectivity index (χ3v) is 2.97. The van der Waals surface area contributed by atoms with Gasteiger partial charge in [0, 0.05) is 0 Å². The lowest BCUT2D eigenvalue weighted by Crippen LogP contribution is -2.19. The van der Waals surface area contributed by atoms with Gasteiger partial charge in [0.1, 0.15) is 29.0 Å². The van der Waals surface area contributed by atoms with Crippen molar-refractivity contribution in [3.63, 3.8) is 0 Å². The molecule has 0 unspecified atom stereocenters. The Morgan fingerprint density at radius 2 is 1.04 bits per heavy atom. The first kappa shape index (κ1) is 17.7. The molecule has 128 valence electrons. The summed E-state index contributed by atoms with van der Waals surface area (Å²) in [5.74, 6) is -5.07. The first-order valence-corrected chi connectivity index (χ1v) is 6.94. The van der Waals surface area contributed by atoms with Gasteiger partial charge in [-0.15, -0.1) is 0 Å². The molecule has 0 aliphatic heterocycles. The van der Waals surface area contributed by atoms with Crippen molar-refractivity contribution in [2.45, 2.75) is 6.42 Å². The molecular weight excluding hydrogens is 332 g/mol. The topological polar surface area (TPSA) is 127 Å². The molecule has 2 N–H and O–H groups in total. The summed E-state index contributed by atoms with van der Waals surface area (Å²) in [4.78, 5) is 45.6. The number of hydrogen-bond acceptors (Lipinski definition) is 6. The molecule has 0 saturated heterocycles. The average molecular weight is 344 g/mol. The fourth-order valence-electron chi connectivity index (χ4n) is 1.90. The Kier molecular flexibility index (Phi) is 5.47. The number of rotatable bonds is 6. The Labute approximate surface area is 141 Å². The summed E-state index contributed by atoms with van der Waals surface area (Å²) in [6, 6.07) is 10.9. The molecule has 2 aromatic rings. The monoisotopic (exact) mass is 344 g/mol. The molecule has 0 heterocycles. The van der Waals surface area contributed by atoms with Crippen molar-refractivity contribution >= 4 is 23.9 Å². The summed E-state index contributed by atoms with van der Waals surface area (Å²) >= 11 is 0. The van der Waals surface area contributed by atoms with Gasteiger partial charge in [-0.25, -0.2) is 9.59 Å². The average Bonchev–Trinajstić information content (AvgIpc) is 2.55. The van der Waals surface area contributed by atoms with Gasteiger partial charge in [0.05, 0.1) is 0 Å². The van der Waals surface area contributed by atoms with Crippen LogP contribution in [0.4, 0.5) is 0 Å². The van der Waals surface area contributed by atoms with Crippen molar-refractivity contribution in [3.05, 3.63) is 59.7 Å². The first-order chi connectivity index (χ1) is 11.9. The smallest absolute Gasteiger partial charge is 0.339 e. The molecule has 8 nitrogen and oxygen atoms in total. The molecule has 0 bridgehead atoms. The molecule has 0 atom stereocenters. The fraction of sp³-hybridized carbons (Fsp3) is 0.0588. The Morgan fingerprint density at radius 3 is 1.40 bits per heavy atom. The maximum absolute atomic E-state index is 11.8.